The maximum atomic E-state index is 12.6. The average molecular weight is 315 g/mol. The van der Waals surface area contributed by atoms with Crippen molar-refractivity contribution in [2.24, 2.45) is 0 Å². The van der Waals surface area contributed by atoms with Crippen molar-refractivity contribution in [1.82, 2.24) is 4.57 Å². The van der Waals surface area contributed by atoms with Gasteiger partial charge in [0.1, 0.15) is 17.9 Å². The number of anilines is 2. The summed E-state index contributed by atoms with van der Waals surface area (Å²) in [7, 11) is 1.95. The van der Waals surface area contributed by atoms with E-state index in [1.807, 2.05) is 23.4 Å². The van der Waals surface area contributed by atoms with E-state index >= 15 is 0 Å². The highest BCUT2D eigenvalue weighted by atomic mass is 16.5. The standard InChI is InChI=1S/C16H17N3O4/c1-8-7-23-15-12-11(18(2)4-3-17-12)5-9-13(15)19(8)6-10(14(9)20)16(21)22/h5-6,8,17H,3-4,7H2,1-2H3,(H,21,22). The van der Waals surface area contributed by atoms with Gasteiger partial charge in [0.25, 0.3) is 0 Å². The minimum atomic E-state index is -1.20. The molecule has 0 aliphatic carbocycles. The first-order valence-electron chi connectivity index (χ1n) is 7.56. The Morgan fingerprint density at radius 1 is 1.48 bits per heavy atom. The van der Waals surface area contributed by atoms with Crippen molar-refractivity contribution < 1.29 is 14.6 Å². The molecule has 2 aliphatic heterocycles. The Hall–Kier alpha value is -2.70. The summed E-state index contributed by atoms with van der Waals surface area (Å²) in [5.74, 6) is -0.568. The van der Waals surface area contributed by atoms with Crippen LogP contribution < -0.4 is 20.4 Å². The Labute approximate surface area is 132 Å². The number of hydrogen-bond donors (Lipinski definition) is 2. The first-order chi connectivity index (χ1) is 11.0. The molecule has 7 nitrogen and oxygen atoms in total. The molecule has 0 radical (unpaired) electrons. The van der Waals surface area contributed by atoms with Crippen LogP contribution in [0.1, 0.15) is 23.3 Å². The topological polar surface area (TPSA) is 83.8 Å². The van der Waals surface area contributed by atoms with Crippen LogP contribution in [0.15, 0.2) is 17.1 Å². The smallest absolute Gasteiger partial charge is 0.341 e. The first-order valence-corrected chi connectivity index (χ1v) is 7.56. The van der Waals surface area contributed by atoms with Crippen LogP contribution in [0.3, 0.4) is 0 Å². The monoisotopic (exact) mass is 315 g/mol. The van der Waals surface area contributed by atoms with Crippen LogP contribution in [0.2, 0.25) is 0 Å². The van der Waals surface area contributed by atoms with Crippen molar-refractivity contribution in [2.75, 3.05) is 37.0 Å². The molecule has 0 saturated heterocycles. The van der Waals surface area contributed by atoms with Crippen molar-refractivity contribution in [2.45, 2.75) is 13.0 Å². The second kappa shape index (κ2) is 4.65. The lowest BCUT2D eigenvalue weighted by molar-refractivity contribution is 0.0694. The number of pyridine rings is 1. The van der Waals surface area contributed by atoms with Crippen molar-refractivity contribution in [1.29, 1.82) is 0 Å². The summed E-state index contributed by atoms with van der Waals surface area (Å²) in [4.78, 5) is 26.1. The number of aromatic carboxylic acids is 1. The molecule has 2 N–H and O–H groups in total. The molecule has 0 saturated carbocycles. The van der Waals surface area contributed by atoms with Gasteiger partial charge in [-0.3, -0.25) is 4.79 Å². The predicted molar refractivity (Wildman–Crippen MR) is 87.1 cm³/mol. The minimum absolute atomic E-state index is 0.0388. The molecule has 7 heteroatoms. The van der Waals surface area contributed by atoms with Gasteiger partial charge in [0.05, 0.1) is 22.6 Å². The highest BCUT2D eigenvalue weighted by Crippen LogP contribution is 2.44. The molecule has 1 aromatic carbocycles. The van der Waals surface area contributed by atoms with Crippen molar-refractivity contribution in [3.05, 3.63) is 28.0 Å². The second-order valence-corrected chi connectivity index (χ2v) is 6.09. The molecule has 120 valence electrons. The minimum Gasteiger partial charge on any atom is -0.487 e. The molecular weight excluding hydrogens is 298 g/mol. The zero-order valence-electron chi connectivity index (χ0n) is 12.9. The average Bonchev–Trinajstić information content (AvgIpc) is 2.52. The maximum absolute atomic E-state index is 12.6. The quantitative estimate of drug-likeness (QED) is 0.830. The Kier molecular flexibility index (Phi) is 2.81. The fraction of sp³-hybridized carbons (Fsp3) is 0.375. The lowest BCUT2D eigenvalue weighted by Crippen LogP contribution is -2.33. The number of carboxylic acids is 1. The molecule has 0 amide bonds. The van der Waals surface area contributed by atoms with Crippen molar-refractivity contribution in [3.63, 3.8) is 0 Å². The van der Waals surface area contributed by atoms with E-state index in [2.05, 4.69) is 5.32 Å². The summed E-state index contributed by atoms with van der Waals surface area (Å²) < 4.78 is 7.76. The zero-order chi connectivity index (χ0) is 16.3. The van der Waals surface area contributed by atoms with Crippen LogP contribution in [0.4, 0.5) is 11.4 Å². The summed E-state index contributed by atoms with van der Waals surface area (Å²) in [5.41, 5.74) is 1.72. The number of hydrogen-bond acceptors (Lipinski definition) is 5. The summed E-state index contributed by atoms with van der Waals surface area (Å²) in [6, 6.07) is 1.73. The van der Waals surface area contributed by atoms with E-state index in [4.69, 9.17) is 4.74 Å². The Balaban J connectivity index is 2.18. The van der Waals surface area contributed by atoms with E-state index in [-0.39, 0.29) is 11.6 Å². The molecule has 2 aliphatic rings. The molecule has 0 spiro atoms. The third-order valence-electron chi connectivity index (χ3n) is 4.58. The third kappa shape index (κ3) is 1.82. The van der Waals surface area contributed by atoms with Crippen LogP contribution >= 0.6 is 0 Å². The van der Waals surface area contributed by atoms with Gasteiger partial charge >= 0.3 is 5.97 Å². The molecule has 4 rings (SSSR count). The van der Waals surface area contributed by atoms with Crippen molar-refractivity contribution >= 4 is 28.2 Å². The predicted octanol–water partition coefficient (Wildman–Crippen LogP) is 1.51. The van der Waals surface area contributed by atoms with Gasteiger partial charge in [-0.25, -0.2) is 4.79 Å². The van der Waals surface area contributed by atoms with Crippen molar-refractivity contribution in [3.8, 4) is 5.75 Å². The Morgan fingerprint density at radius 3 is 3.00 bits per heavy atom. The molecule has 1 atom stereocenters. The van der Waals surface area contributed by atoms with E-state index in [0.29, 0.717) is 23.3 Å². The Bertz CT molecular complexity index is 903. The number of carbonyl (C=O) groups is 1. The number of nitrogens with one attached hydrogen (secondary N) is 1. The zero-order valence-corrected chi connectivity index (χ0v) is 12.9. The Morgan fingerprint density at radius 2 is 2.26 bits per heavy atom. The molecule has 0 bridgehead atoms. The number of ether oxygens (including phenoxy) is 1. The highest BCUT2D eigenvalue weighted by Gasteiger charge is 2.29. The fourth-order valence-electron chi connectivity index (χ4n) is 3.34. The number of nitrogens with zero attached hydrogens (tertiary/aromatic N) is 2. The summed E-state index contributed by atoms with van der Waals surface area (Å²) in [5, 5.41) is 13.1. The maximum Gasteiger partial charge on any atom is 0.341 e. The SMILES string of the molecule is CC1COc2c3c(cc4c(=O)c(C(=O)O)cn1c24)N(C)CCN3. The molecule has 3 heterocycles. The van der Waals surface area contributed by atoms with Crippen LogP contribution in [0, 0.1) is 0 Å². The fourth-order valence-corrected chi connectivity index (χ4v) is 3.34. The molecule has 1 aromatic heterocycles. The molecular formula is C16H17N3O4. The van der Waals surface area contributed by atoms with Gasteiger partial charge in [0, 0.05) is 26.3 Å². The van der Waals surface area contributed by atoms with Crippen LogP contribution in [-0.2, 0) is 0 Å². The second-order valence-electron chi connectivity index (χ2n) is 6.09. The first kappa shape index (κ1) is 13.9. The third-order valence-corrected chi connectivity index (χ3v) is 4.58. The van der Waals surface area contributed by atoms with Gasteiger partial charge in [-0.15, -0.1) is 0 Å². The van der Waals surface area contributed by atoms with Crippen LogP contribution in [0.5, 0.6) is 5.75 Å². The van der Waals surface area contributed by atoms with E-state index in [1.165, 1.54) is 6.20 Å². The lowest BCUT2D eigenvalue weighted by atomic mass is 10.0. The normalized spacial score (nSPS) is 19.0. The largest absolute Gasteiger partial charge is 0.487 e. The number of aromatic nitrogens is 1. The molecule has 23 heavy (non-hydrogen) atoms. The van der Waals surface area contributed by atoms with Crippen LogP contribution in [0.25, 0.3) is 10.9 Å². The van der Waals surface area contributed by atoms with E-state index in [0.717, 1.165) is 24.5 Å². The van der Waals surface area contributed by atoms with Gasteiger partial charge in [-0.2, -0.15) is 0 Å². The summed E-state index contributed by atoms with van der Waals surface area (Å²) in [6.45, 7) is 3.98. The summed E-state index contributed by atoms with van der Waals surface area (Å²) >= 11 is 0. The van der Waals surface area contributed by atoms with Gasteiger partial charge in [0.15, 0.2) is 5.75 Å². The van der Waals surface area contributed by atoms with E-state index in [1.54, 1.807) is 6.07 Å². The van der Waals surface area contributed by atoms with Gasteiger partial charge in [-0.1, -0.05) is 0 Å². The molecule has 1 unspecified atom stereocenters. The van der Waals surface area contributed by atoms with Crippen LogP contribution in [-0.4, -0.2) is 42.4 Å². The van der Waals surface area contributed by atoms with Gasteiger partial charge in [0.2, 0.25) is 5.43 Å². The molecule has 2 aromatic rings. The van der Waals surface area contributed by atoms with E-state index < -0.39 is 11.4 Å². The lowest BCUT2D eigenvalue weighted by Gasteiger charge is -2.34. The number of rotatable bonds is 1. The number of benzene rings is 1. The molecule has 0 fully saturated rings. The number of carboxylic acid groups (broad SMARTS) is 1. The number of likely N-dealkylation sites (N-methyl/N-ethyl adjacent to an activating group) is 1. The van der Waals surface area contributed by atoms with Gasteiger partial charge in [-0.05, 0) is 13.0 Å². The number of fused-ring (bicyclic) bond motifs is 2. The van der Waals surface area contributed by atoms with E-state index in [9.17, 15) is 14.7 Å². The summed E-state index contributed by atoms with van der Waals surface area (Å²) in [6.07, 6.45) is 1.43. The highest BCUT2D eigenvalue weighted by molar-refractivity contribution is 6.01. The van der Waals surface area contributed by atoms with Gasteiger partial charge < -0.3 is 24.6 Å².